The molecule has 4 aromatic rings. The molecule has 2 aromatic carbocycles. The maximum absolute atomic E-state index is 14.9. The van der Waals surface area contributed by atoms with E-state index in [1.54, 1.807) is 23.9 Å². The van der Waals surface area contributed by atoms with Gasteiger partial charge in [-0.1, -0.05) is 31.2 Å². The first-order valence-corrected chi connectivity index (χ1v) is 14.0. The predicted molar refractivity (Wildman–Crippen MR) is 151 cm³/mol. The highest BCUT2D eigenvalue weighted by Crippen LogP contribution is 2.42. The van der Waals surface area contributed by atoms with E-state index in [1.165, 1.54) is 11.6 Å². The third-order valence-electron chi connectivity index (χ3n) is 7.27. The maximum Gasteiger partial charge on any atom is 0.341 e. The maximum atomic E-state index is 14.9. The molecular weight excluding hydrogens is 487 g/mol. The number of halogens is 1. The van der Waals surface area contributed by atoms with Crippen LogP contribution in [0.2, 0.25) is 0 Å². The van der Waals surface area contributed by atoms with Crippen LogP contribution in [0.4, 0.5) is 15.8 Å². The number of thioether (sulfide) groups is 1. The van der Waals surface area contributed by atoms with Crippen LogP contribution in [0, 0.1) is 26.6 Å². The third-order valence-corrected chi connectivity index (χ3v) is 7.87. The number of fused-ring (bicyclic) bond motifs is 1. The van der Waals surface area contributed by atoms with Gasteiger partial charge in [0.2, 0.25) is 0 Å². The molecule has 1 aliphatic rings. The lowest BCUT2D eigenvalue weighted by Gasteiger charge is -2.21. The van der Waals surface area contributed by atoms with Gasteiger partial charge in [0, 0.05) is 23.1 Å². The Kier molecular flexibility index (Phi) is 6.75. The lowest BCUT2D eigenvalue weighted by molar-refractivity contribution is 0.549. The fraction of sp³-hybridized carbons (Fsp3) is 0.333. The summed E-state index contributed by atoms with van der Waals surface area (Å²) in [6.45, 7) is 7.64. The molecule has 5 nitrogen and oxygen atoms in total. The molecule has 5 rings (SSSR count). The molecule has 0 atom stereocenters. The van der Waals surface area contributed by atoms with Gasteiger partial charge in [-0.15, -0.1) is 0 Å². The van der Waals surface area contributed by atoms with E-state index in [-0.39, 0.29) is 22.9 Å². The van der Waals surface area contributed by atoms with E-state index < -0.39 is 11.4 Å². The van der Waals surface area contributed by atoms with Crippen molar-refractivity contribution in [2.24, 2.45) is 0 Å². The Bertz CT molecular complexity index is 1650. The molecule has 0 amide bonds. The first kappa shape index (κ1) is 25.3. The van der Waals surface area contributed by atoms with E-state index in [0.29, 0.717) is 23.1 Å². The molecule has 1 N–H and O–H groups in total. The van der Waals surface area contributed by atoms with Crippen LogP contribution in [-0.4, -0.2) is 10.8 Å². The second-order valence-electron chi connectivity index (χ2n) is 9.80. The van der Waals surface area contributed by atoms with Gasteiger partial charge in [-0.3, -0.25) is 4.79 Å². The van der Waals surface area contributed by atoms with Gasteiger partial charge in [0.25, 0.3) is 5.56 Å². The van der Waals surface area contributed by atoms with E-state index in [0.717, 1.165) is 46.5 Å². The molecule has 37 heavy (non-hydrogen) atoms. The van der Waals surface area contributed by atoms with Crippen molar-refractivity contribution in [3.05, 3.63) is 90.9 Å². The standard InChI is InChI=1S/C30H31FN2O3S/c1-6-21-27(32-24-13-10-16(2)14-23(24)31)26-28(36-30(21)35)25(18(4)33(29(26)34)20-11-12-20)22-9-7-8-19(15-37-5)17(22)3/h7-10,13-14,20,32H,6,11-12,15H2,1-5H3. The van der Waals surface area contributed by atoms with Crippen LogP contribution in [0.5, 0.6) is 0 Å². The first-order chi connectivity index (χ1) is 17.8. The Balaban J connectivity index is 1.91. The Morgan fingerprint density at radius 2 is 1.89 bits per heavy atom. The van der Waals surface area contributed by atoms with Crippen molar-refractivity contribution in [2.75, 3.05) is 11.6 Å². The number of nitrogens with zero attached hydrogens (tertiary/aromatic N) is 1. The van der Waals surface area contributed by atoms with Crippen LogP contribution in [0.1, 0.15) is 53.8 Å². The summed E-state index contributed by atoms with van der Waals surface area (Å²) in [5.74, 6) is 0.404. The van der Waals surface area contributed by atoms with Crippen molar-refractivity contribution in [2.45, 2.75) is 58.8 Å². The first-order valence-electron chi connectivity index (χ1n) is 12.6. The van der Waals surface area contributed by atoms with Crippen molar-refractivity contribution < 1.29 is 8.81 Å². The topological polar surface area (TPSA) is 64.2 Å². The molecule has 0 bridgehead atoms. The Labute approximate surface area is 219 Å². The zero-order valence-corrected chi connectivity index (χ0v) is 22.6. The minimum atomic E-state index is -0.521. The summed E-state index contributed by atoms with van der Waals surface area (Å²) >= 11 is 1.74. The smallest absolute Gasteiger partial charge is 0.341 e. The largest absolute Gasteiger partial charge is 0.421 e. The molecular formula is C30H31FN2O3S. The van der Waals surface area contributed by atoms with Crippen LogP contribution in [0.3, 0.4) is 0 Å². The van der Waals surface area contributed by atoms with Gasteiger partial charge >= 0.3 is 5.63 Å². The van der Waals surface area contributed by atoms with Gasteiger partial charge in [0.05, 0.1) is 16.9 Å². The number of rotatable bonds is 7. The van der Waals surface area contributed by atoms with Crippen molar-refractivity contribution in [1.82, 2.24) is 4.57 Å². The van der Waals surface area contributed by atoms with Gasteiger partial charge in [-0.05, 0) is 80.7 Å². The zero-order valence-electron chi connectivity index (χ0n) is 21.8. The molecule has 7 heteroatoms. The van der Waals surface area contributed by atoms with E-state index in [4.69, 9.17) is 4.42 Å². The second kappa shape index (κ2) is 9.86. The zero-order chi connectivity index (χ0) is 26.4. The van der Waals surface area contributed by atoms with Crippen LogP contribution < -0.4 is 16.5 Å². The number of pyridine rings is 1. The van der Waals surface area contributed by atoms with Crippen LogP contribution in [0.25, 0.3) is 22.1 Å². The average molecular weight is 519 g/mol. The lowest BCUT2D eigenvalue weighted by Crippen LogP contribution is -2.25. The SMILES string of the molecule is CCc1c(Nc2ccc(C)cc2F)c2c(=O)n(C3CC3)c(C)c(-c3cccc(CSC)c3C)c2oc1=O. The molecule has 0 spiro atoms. The van der Waals surface area contributed by atoms with E-state index in [9.17, 15) is 14.0 Å². The highest BCUT2D eigenvalue weighted by atomic mass is 32.2. The molecule has 2 heterocycles. The van der Waals surface area contributed by atoms with Crippen molar-refractivity contribution in [1.29, 1.82) is 0 Å². The van der Waals surface area contributed by atoms with Crippen LogP contribution in [-0.2, 0) is 12.2 Å². The number of aryl methyl sites for hydroxylation is 1. The highest BCUT2D eigenvalue weighted by molar-refractivity contribution is 7.97. The van der Waals surface area contributed by atoms with Crippen LogP contribution >= 0.6 is 11.8 Å². The molecule has 1 aliphatic carbocycles. The summed E-state index contributed by atoms with van der Waals surface area (Å²) in [6, 6.07) is 11.1. The van der Waals surface area contributed by atoms with Gasteiger partial charge in [-0.2, -0.15) is 11.8 Å². The highest BCUT2D eigenvalue weighted by Gasteiger charge is 2.32. The number of aromatic nitrogens is 1. The number of nitrogens with one attached hydrogen (secondary N) is 1. The number of benzene rings is 2. The van der Waals surface area contributed by atoms with Crippen molar-refractivity contribution in [3.63, 3.8) is 0 Å². The third kappa shape index (κ3) is 4.39. The molecule has 0 aliphatic heterocycles. The molecule has 0 saturated heterocycles. The number of hydrogen-bond donors (Lipinski definition) is 1. The molecule has 0 unspecified atom stereocenters. The monoisotopic (exact) mass is 518 g/mol. The quantitative estimate of drug-likeness (QED) is 0.281. The Hall–Kier alpha value is -3.32. The normalized spacial score (nSPS) is 13.4. The molecule has 2 aromatic heterocycles. The fourth-order valence-electron chi connectivity index (χ4n) is 5.18. The molecule has 1 fully saturated rings. The second-order valence-corrected chi connectivity index (χ2v) is 10.7. The van der Waals surface area contributed by atoms with E-state index in [1.807, 2.05) is 37.5 Å². The summed E-state index contributed by atoms with van der Waals surface area (Å²) in [5, 5.41) is 3.41. The van der Waals surface area contributed by atoms with Gasteiger partial charge in [0.15, 0.2) is 5.58 Å². The summed E-state index contributed by atoms with van der Waals surface area (Å²) in [5.41, 5.74) is 5.90. The van der Waals surface area contributed by atoms with Crippen LogP contribution in [0.15, 0.2) is 50.4 Å². The summed E-state index contributed by atoms with van der Waals surface area (Å²) < 4.78 is 22.7. The van der Waals surface area contributed by atoms with Crippen molar-refractivity contribution in [3.8, 4) is 11.1 Å². The Morgan fingerprint density at radius 3 is 2.54 bits per heavy atom. The lowest BCUT2D eigenvalue weighted by atomic mass is 9.93. The average Bonchev–Trinajstić information content (AvgIpc) is 3.68. The van der Waals surface area contributed by atoms with Crippen molar-refractivity contribution >= 4 is 34.1 Å². The molecule has 192 valence electrons. The van der Waals surface area contributed by atoms with E-state index in [2.05, 4.69) is 24.6 Å². The van der Waals surface area contributed by atoms with E-state index >= 15 is 0 Å². The number of anilines is 2. The minimum Gasteiger partial charge on any atom is -0.421 e. The predicted octanol–water partition coefficient (Wildman–Crippen LogP) is 7.19. The fourth-order valence-corrected chi connectivity index (χ4v) is 5.80. The minimum absolute atomic E-state index is 0.103. The van der Waals surface area contributed by atoms with Gasteiger partial charge < -0.3 is 14.3 Å². The van der Waals surface area contributed by atoms with Gasteiger partial charge in [-0.25, -0.2) is 9.18 Å². The summed E-state index contributed by atoms with van der Waals surface area (Å²) in [6.07, 6.45) is 4.24. The summed E-state index contributed by atoms with van der Waals surface area (Å²) in [7, 11) is 0. The molecule has 0 radical (unpaired) electrons. The van der Waals surface area contributed by atoms with Gasteiger partial charge in [0.1, 0.15) is 11.2 Å². The summed E-state index contributed by atoms with van der Waals surface area (Å²) in [4.78, 5) is 27.4. The number of hydrogen-bond acceptors (Lipinski definition) is 5. The Morgan fingerprint density at radius 1 is 1.14 bits per heavy atom. The molecule has 1 saturated carbocycles.